The maximum Gasteiger partial charge on any atom is 0.240 e. The molecule has 0 radical (unpaired) electrons. The molecule has 1 aliphatic carbocycles. The molecule has 1 aliphatic heterocycles. The van der Waals surface area contributed by atoms with Crippen LogP contribution in [-0.2, 0) is 4.79 Å². The molecule has 0 aromatic rings. The molecule has 0 bridgehead atoms. The first kappa shape index (κ1) is 13.6. The van der Waals surface area contributed by atoms with E-state index in [1.54, 1.807) is 0 Å². The van der Waals surface area contributed by atoms with Crippen LogP contribution in [0, 0.1) is 0 Å². The number of likely N-dealkylation sites (tertiary alicyclic amines) is 1. The lowest BCUT2D eigenvalue weighted by Gasteiger charge is -2.28. The van der Waals surface area contributed by atoms with Gasteiger partial charge in [-0.05, 0) is 39.0 Å². The average Bonchev–Trinajstić information content (AvgIpc) is 2.77. The van der Waals surface area contributed by atoms with Gasteiger partial charge in [0.2, 0.25) is 5.91 Å². The Morgan fingerprint density at radius 2 is 2.39 bits per heavy atom. The van der Waals surface area contributed by atoms with Gasteiger partial charge in [0.05, 0.1) is 12.6 Å². The molecule has 102 valence electrons. The van der Waals surface area contributed by atoms with E-state index >= 15 is 0 Å². The fourth-order valence-electron chi connectivity index (χ4n) is 2.84. The minimum absolute atomic E-state index is 0.180. The van der Waals surface area contributed by atoms with Gasteiger partial charge in [0.15, 0.2) is 0 Å². The van der Waals surface area contributed by atoms with Gasteiger partial charge in [-0.25, -0.2) is 0 Å². The molecule has 1 N–H and O–H groups in total. The quantitative estimate of drug-likeness (QED) is 0.821. The van der Waals surface area contributed by atoms with E-state index in [0.29, 0.717) is 13.1 Å². The maximum atomic E-state index is 12.3. The Bertz CT molecular complexity index is 328. The monoisotopic (exact) mass is 252 g/mol. The van der Waals surface area contributed by atoms with Crippen molar-refractivity contribution in [1.82, 2.24) is 9.80 Å². The van der Waals surface area contributed by atoms with Crippen LogP contribution in [0.25, 0.3) is 0 Å². The zero-order valence-corrected chi connectivity index (χ0v) is 11.3. The Balaban J connectivity index is 1.91. The molecule has 0 aromatic heterocycles. The van der Waals surface area contributed by atoms with E-state index in [4.69, 9.17) is 0 Å². The van der Waals surface area contributed by atoms with Crippen LogP contribution < -0.4 is 0 Å². The van der Waals surface area contributed by atoms with Crippen LogP contribution in [-0.4, -0.2) is 53.1 Å². The van der Waals surface area contributed by atoms with Gasteiger partial charge in [0.25, 0.3) is 0 Å². The van der Waals surface area contributed by atoms with Gasteiger partial charge in [-0.15, -0.1) is 0 Å². The molecule has 18 heavy (non-hydrogen) atoms. The molecule has 0 saturated carbocycles. The van der Waals surface area contributed by atoms with E-state index in [2.05, 4.69) is 11.0 Å². The standard InChI is InChI=1S/C14H24N2O2/c1-2-16(12-6-4-3-5-7-12)14(18)11-15-9-8-13(17)10-15/h6,13,17H,2-5,7-11H2,1H3/t13-/m1/s1. The Labute approximate surface area is 109 Å². The van der Waals surface area contributed by atoms with Crippen molar-refractivity contribution in [1.29, 1.82) is 0 Å². The van der Waals surface area contributed by atoms with E-state index in [1.807, 2.05) is 11.8 Å². The average molecular weight is 252 g/mol. The molecule has 1 fully saturated rings. The topological polar surface area (TPSA) is 43.8 Å². The SMILES string of the molecule is CCN(C(=O)CN1CC[C@@H](O)C1)C1=CCCCC1. The fourth-order valence-corrected chi connectivity index (χ4v) is 2.84. The largest absolute Gasteiger partial charge is 0.392 e. The minimum Gasteiger partial charge on any atom is -0.392 e. The highest BCUT2D eigenvalue weighted by Crippen LogP contribution is 2.21. The molecule has 0 spiro atoms. The van der Waals surface area contributed by atoms with Gasteiger partial charge in [0, 0.05) is 25.3 Å². The van der Waals surface area contributed by atoms with Crippen molar-refractivity contribution in [3.8, 4) is 0 Å². The van der Waals surface area contributed by atoms with Crippen LogP contribution in [0.4, 0.5) is 0 Å². The number of β-amino-alcohol motifs (C(OH)–C–C–N with tert-alkyl or cyclic N) is 1. The lowest BCUT2D eigenvalue weighted by molar-refractivity contribution is -0.130. The minimum atomic E-state index is -0.248. The van der Waals surface area contributed by atoms with Crippen molar-refractivity contribution in [2.75, 3.05) is 26.2 Å². The molecular weight excluding hydrogens is 228 g/mol. The number of carbonyl (C=O) groups is 1. The zero-order chi connectivity index (χ0) is 13.0. The maximum absolute atomic E-state index is 12.3. The summed E-state index contributed by atoms with van der Waals surface area (Å²) in [6.45, 7) is 4.71. The number of amides is 1. The van der Waals surface area contributed by atoms with Crippen LogP contribution >= 0.6 is 0 Å². The van der Waals surface area contributed by atoms with Crippen LogP contribution in [0.2, 0.25) is 0 Å². The number of hydrogen-bond donors (Lipinski definition) is 1. The van der Waals surface area contributed by atoms with Crippen molar-refractivity contribution >= 4 is 5.91 Å². The lowest BCUT2D eigenvalue weighted by Crippen LogP contribution is -2.39. The highest BCUT2D eigenvalue weighted by atomic mass is 16.3. The van der Waals surface area contributed by atoms with Crippen LogP contribution in [0.15, 0.2) is 11.8 Å². The molecule has 0 unspecified atom stereocenters. The highest BCUT2D eigenvalue weighted by molar-refractivity contribution is 5.80. The van der Waals surface area contributed by atoms with Crippen molar-refractivity contribution in [2.24, 2.45) is 0 Å². The third-order valence-corrected chi connectivity index (χ3v) is 3.84. The first-order valence-corrected chi connectivity index (χ1v) is 7.10. The van der Waals surface area contributed by atoms with Crippen LogP contribution in [0.5, 0.6) is 0 Å². The zero-order valence-electron chi connectivity index (χ0n) is 11.3. The number of rotatable bonds is 4. The van der Waals surface area contributed by atoms with Gasteiger partial charge in [-0.2, -0.15) is 0 Å². The van der Waals surface area contributed by atoms with Crippen molar-refractivity contribution in [2.45, 2.75) is 45.1 Å². The summed E-state index contributed by atoms with van der Waals surface area (Å²) >= 11 is 0. The predicted octanol–water partition coefficient (Wildman–Crippen LogP) is 1.36. The number of likely N-dealkylation sites (N-methyl/N-ethyl adjacent to an activating group) is 1. The highest BCUT2D eigenvalue weighted by Gasteiger charge is 2.25. The summed E-state index contributed by atoms with van der Waals surface area (Å²) in [7, 11) is 0. The molecule has 1 amide bonds. The summed E-state index contributed by atoms with van der Waals surface area (Å²) in [4.78, 5) is 16.3. The van der Waals surface area contributed by atoms with Crippen LogP contribution in [0.1, 0.15) is 39.0 Å². The van der Waals surface area contributed by atoms with Crippen LogP contribution in [0.3, 0.4) is 0 Å². The van der Waals surface area contributed by atoms with Gasteiger partial charge in [-0.1, -0.05) is 6.08 Å². The summed E-state index contributed by atoms with van der Waals surface area (Å²) in [6.07, 6.45) is 7.32. The molecule has 1 atom stereocenters. The molecule has 4 nitrogen and oxygen atoms in total. The summed E-state index contributed by atoms with van der Waals surface area (Å²) in [5.74, 6) is 0.180. The third-order valence-electron chi connectivity index (χ3n) is 3.84. The van der Waals surface area contributed by atoms with E-state index in [-0.39, 0.29) is 12.0 Å². The van der Waals surface area contributed by atoms with E-state index in [9.17, 15) is 9.90 Å². The molecular formula is C14H24N2O2. The fraction of sp³-hybridized carbons (Fsp3) is 0.786. The van der Waals surface area contributed by atoms with Crippen molar-refractivity contribution in [3.05, 3.63) is 11.8 Å². The predicted molar refractivity (Wildman–Crippen MR) is 71.0 cm³/mol. The smallest absolute Gasteiger partial charge is 0.240 e. The molecule has 0 aromatic carbocycles. The molecule has 1 saturated heterocycles. The summed E-state index contributed by atoms with van der Waals surface area (Å²) in [5.41, 5.74) is 1.20. The van der Waals surface area contributed by atoms with E-state index in [1.165, 1.54) is 18.5 Å². The number of carbonyl (C=O) groups excluding carboxylic acids is 1. The normalized spacial score (nSPS) is 25.0. The second kappa shape index (κ2) is 6.34. The first-order valence-electron chi connectivity index (χ1n) is 7.10. The number of hydrogen-bond acceptors (Lipinski definition) is 3. The van der Waals surface area contributed by atoms with Gasteiger partial charge in [-0.3, -0.25) is 9.69 Å². The molecule has 2 aliphatic rings. The summed E-state index contributed by atoms with van der Waals surface area (Å²) in [6, 6.07) is 0. The Hall–Kier alpha value is -0.870. The number of aliphatic hydroxyl groups excluding tert-OH is 1. The first-order chi connectivity index (χ1) is 8.70. The Morgan fingerprint density at radius 1 is 1.56 bits per heavy atom. The van der Waals surface area contributed by atoms with E-state index in [0.717, 1.165) is 32.4 Å². The number of allylic oxidation sites excluding steroid dienone is 2. The second-order valence-corrected chi connectivity index (χ2v) is 5.26. The van der Waals surface area contributed by atoms with Gasteiger partial charge in [0.1, 0.15) is 0 Å². The number of aliphatic hydroxyl groups is 1. The Kier molecular flexibility index (Phi) is 4.78. The number of nitrogens with zero attached hydrogens (tertiary/aromatic N) is 2. The van der Waals surface area contributed by atoms with E-state index < -0.39 is 0 Å². The second-order valence-electron chi connectivity index (χ2n) is 5.26. The summed E-state index contributed by atoms with van der Waals surface area (Å²) in [5, 5.41) is 9.48. The third kappa shape index (κ3) is 3.33. The molecule has 4 heteroatoms. The molecule has 1 heterocycles. The lowest BCUT2D eigenvalue weighted by atomic mass is 10.0. The van der Waals surface area contributed by atoms with Crippen molar-refractivity contribution < 1.29 is 9.90 Å². The molecule has 2 rings (SSSR count). The summed E-state index contributed by atoms with van der Waals surface area (Å²) < 4.78 is 0. The van der Waals surface area contributed by atoms with Gasteiger partial charge >= 0.3 is 0 Å². The van der Waals surface area contributed by atoms with Crippen molar-refractivity contribution in [3.63, 3.8) is 0 Å². The Morgan fingerprint density at radius 3 is 2.94 bits per heavy atom. The van der Waals surface area contributed by atoms with Gasteiger partial charge < -0.3 is 10.0 Å².